The molecule has 2 heterocycles. The normalized spacial score (nSPS) is 20.0. The Hall–Kier alpha value is -2.86. The van der Waals surface area contributed by atoms with Crippen molar-refractivity contribution < 1.29 is 18.0 Å². The molecule has 6 heteroatoms. The predicted molar refractivity (Wildman–Crippen MR) is 123 cm³/mol. The lowest BCUT2D eigenvalue weighted by Crippen LogP contribution is -2.38. The number of nitrogens with zero attached hydrogens (tertiary/aromatic N) is 2. The zero-order valence-electron chi connectivity index (χ0n) is 18.4. The second-order valence-electron chi connectivity index (χ2n) is 9.31. The van der Waals surface area contributed by atoms with Gasteiger partial charge in [-0.25, -0.2) is 13.2 Å². The van der Waals surface area contributed by atoms with Crippen molar-refractivity contribution in [1.29, 1.82) is 0 Å². The summed E-state index contributed by atoms with van der Waals surface area (Å²) in [6, 6.07) is 16.1. The molecule has 1 amide bonds. The van der Waals surface area contributed by atoms with E-state index in [1.807, 2.05) is 47.4 Å². The van der Waals surface area contributed by atoms with Crippen LogP contribution in [0, 0.1) is 23.4 Å². The van der Waals surface area contributed by atoms with Gasteiger partial charge in [0.2, 0.25) is 0 Å². The second-order valence-corrected chi connectivity index (χ2v) is 9.31. The van der Waals surface area contributed by atoms with Gasteiger partial charge in [0, 0.05) is 25.2 Å². The van der Waals surface area contributed by atoms with Crippen LogP contribution in [0.15, 0.2) is 54.6 Å². The van der Waals surface area contributed by atoms with E-state index in [4.69, 9.17) is 0 Å². The molecule has 3 aromatic carbocycles. The molecule has 0 spiro atoms. The number of piperidine rings is 1. The maximum Gasteiger partial charge on any atom is 0.254 e. The van der Waals surface area contributed by atoms with Crippen molar-refractivity contribution in [1.82, 2.24) is 9.80 Å². The Balaban J connectivity index is 1.17. The number of likely N-dealkylation sites (tertiary alicyclic amines) is 2. The topological polar surface area (TPSA) is 23.6 Å². The van der Waals surface area contributed by atoms with Crippen LogP contribution in [0.4, 0.5) is 13.2 Å². The van der Waals surface area contributed by atoms with Crippen molar-refractivity contribution in [2.75, 3.05) is 32.7 Å². The Morgan fingerprint density at radius 2 is 1.58 bits per heavy atom. The molecule has 2 aliphatic heterocycles. The van der Waals surface area contributed by atoms with E-state index >= 15 is 0 Å². The zero-order valence-corrected chi connectivity index (χ0v) is 18.4. The standard InChI is InChI=1S/C27H27F3N2O/c28-24-14-21(15-25(29)26(24)30)19-9-11-31(12-10-19)16-18-8-13-32(17-18)27(33)23-7-3-5-20-4-1-2-6-22(20)23/h1-7,14-15,18-19H,8-13,16-17H2. The summed E-state index contributed by atoms with van der Waals surface area (Å²) < 4.78 is 40.4. The lowest BCUT2D eigenvalue weighted by molar-refractivity contribution is 0.0784. The van der Waals surface area contributed by atoms with Crippen LogP contribution in [0.2, 0.25) is 0 Å². The summed E-state index contributed by atoms with van der Waals surface area (Å²) in [6.45, 7) is 4.09. The first kappa shape index (κ1) is 22.0. The number of rotatable bonds is 4. The maximum atomic E-state index is 13.6. The fourth-order valence-corrected chi connectivity index (χ4v) is 5.37. The number of fused-ring (bicyclic) bond motifs is 1. The third-order valence-corrected chi connectivity index (χ3v) is 7.17. The molecular formula is C27H27F3N2O. The minimum absolute atomic E-state index is 0.0406. The molecule has 3 nitrogen and oxygen atoms in total. The number of carbonyl (C=O) groups excluding carboxylic acids is 1. The smallest absolute Gasteiger partial charge is 0.254 e. The molecule has 0 aliphatic carbocycles. The first-order valence-electron chi connectivity index (χ1n) is 11.6. The van der Waals surface area contributed by atoms with Crippen molar-refractivity contribution in [2.24, 2.45) is 5.92 Å². The second kappa shape index (κ2) is 9.18. The molecule has 2 fully saturated rings. The summed E-state index contributed by atoms with van der Waals surface area (Å²) in [5.74, 6) is -3.09. The molecule has 0 radical (unpaired) electrons. The van der Waals surface area contributed by atoms with Crippen molar-refractivity contribution >= 4 is 16.7 Å². The van der Waals surface area contributed by atoms with Crippen molar-refractivity contribution in [2.45, 2.75) is 25.2 Å². The molecule has 0 bridgehead atoms. The van der Waals surface area contributed by atoms with Gasteiger partial charge in [-0.05, 0) is 78.7 Å². The average molecular weight is 453 g/mol. The number of benzene rings is 3. The number of halogens is 3. The van der Waals surface area contributed by atoms with Crippen molar-refractivity contribution in [3.05, 3.63) is 83.2 Å². The molecule has 2 aliphatic rings. The molecule has 3 aromatic rings. The Bertz CT molecular complexity index is 1140. The van der Waals surface area contributed by atoms with Crippen LogP contribution in [0.1, 0.15) is 41.1 Å². The lowest BCUT2D eigenvalue weighted by atomic mass is 9.89. The van der Waals surface area contributed by atoms with Crippen LogP contribution in [0.3, 0.4) is 0 Å². The van der Waals surface area contributed by atoms with Gasteiger partial charge in [-0.15, -0.1) is 0 Å². The van der Waals surface area contributed by atoms with Crippen LogP contribution < -0.4 is 0 Å². The van der Waals surface area contributed by atoms with Gasteiger partial charge in [-0.1, -0.05) is 36.4 Å². The highest BCUT2D eigenvalue weighted by atomic mass is 19.2. The Morgan fingerprint density at radius 3 is 2.33 bits per heavy atom. The maximum absolute atomic E-state index is 13.6. The molecular weight excluding hydrogens is 425 g/mol. The summed E-state index contributed by atoms with van der Waals surface area (Å²) in [5.41, 5.74) is 1.30. The molecule has 2 saturated heterocycles. The summed E-state index contributed by atoms with van der Waals surface area (Å²) in [7, 11) is 0. The SMILES string of the molecule is O=C(c1cccc2ccccc12)N1CCC(CN2CCC(c3cc(F)c(F)c(F)c3)CC2)C1. The van der Waals surface area contributed by atoms with Gasteiger partial charge in [-0.3, -0.25) is 4.79 Å². The molecule has 1 unspecified atom stereocenters. The molecule has 5 rings (SSSR count). The molecule has 0 N–H and O–H groups in total. The van der Waals surface area contributed by atoms with Gasteiger partial charge in [0.25, 0.3) is 5.91 Å². The monoisotopic (exact) mass is 452 g/mol. The summed E-state index contributed by atoms with van der Waals surface area (Å²) in [5, 5.41) is 2.06. The molecule has 0 saturated carbocycles. The molecule has 172 valence electrons. The molecule has 0 aromatic heterocycles. The van der Waals surface area contributed by atoms with E-state index in [0.29, 0.717) is 11.5 Å². The van der Waals surface area contributed by atoms with Crippen LogP contribution >= 0.6 is 0 Å². The van der Waals surface area contributed by atoms with E-state index in [1.165, 1.54) is 0 Å². The van der Waals surface area contributed by atoms with E-state index in [1.54, 1.807) is 0 Å². The third kappa shape index (κ3) is 4.49. The average Bonchev–Trinajstić information content (AvgIpc) is 3.30. The van der Waals surface area contributed by atoms with Gasteiger partial charge < -0.3 is 9.80 Å². The minimum atomic E-state index is -1.40. The first-order chi connectivity index (χ1) is 16.0. The Morgan fingerprint density at radius 1 is 0.879 bits per heavy atom. The van der Waals surface area contributed by atoms with Crippen molar-refractivity contribution in [3.8, 4) is 0 Å². The van der Waals surface area contributed by atoms with Gasteiger partial charge in [0.1, 0.15) is 0 Å². The zero-order chi connectivity index (χ0) is 22.9. The number of hydrogen-bond acceptors (Lipinski definition) is 2. The third-order valence-electron chi connectivity index (χ3n) is 7.17. The largest absolute Gasteiger partial charge is 0.338 e. The van der Waals surface area contributed by atoms with Crippen LogP contribution in [-0.2, 0) is 0 Å². The van der Waals surface area contributed by atoms with E-state index in [9.17, 15) is 18.0 Å². The summed E-state index contributed by atoms with van der Waals surface area (Å²) in [6.07, 6.45) is 2.55. The van der Waals surface area contributed by atoms with Crippen LogP contribution in [0.5, 0.6) is 0 Å². The number of carbonyl (C=O) groups is 1. The van der Waals surface area contributed by atoms with Crippen molar-refractivity contribution in [3.63, 3.8) is 0 Å². The van der Waals surface area contributed by atoms with E-state index < -0.39 is 17.5 Å². The van der Waals surface area contributed by atoms with E-state index in [-0.39, 0.29) is 11.8 Å². The van der Waals surface area contributed by atoms with Gasteiger partial charge in [-0.2, -0.15) is 0 Å². The highest BCUT2D eigenvalue weighted by Crippen LogP contribution is 2.31. The number of hydrogen-bond donors (Lipinski definition) is 0. The molecule has 33 heavy (non-hydrogen) atoms. The lowest BCUT2D eigenvalue weighted by Gasteiger charge is -2.33. The fraction of sp³-hybridized carbons (Fsp3) is 0.370. The Labute approximate surface area is 191 Å². The quantitative estimate of drug-likeness (QED) is 0.481. The first-order valence-corrected chi connectivity index (χ1v) is 11.6. The predicted octanol–water partition coefficient (Wildman–Crippen LogP) is 5.60. The Kier molecular flexibility index (Phi) is 6.11. The van der Waals surface area contributed by atoms with Crippen LogP contribution in [0.25, 0.3) is 10.8 Å². The highest BCUT2D eigenvalue weighted by Gasteiger charge is 2.30. The fourth-order valence-electron chi connectivity index (χ4n) is 5.37. The minimum Gasteiger partial charge on any atom is -0.338 e. The van der Waals surface area contributed by atoms with E-state index in [2.05, 4.69) is 4.90 Å². The summed E-state index contributed by atoms with van der Waals surface area (Å²) >= 11 is 0. The number of amides is 1. The van der Waals surface area contributed by atoms with E-state index in [0.717, 1.165) is 80.5 Å². The van der Waals surface area contributed by atoms with Crippen LogP contribution in [-0.4, -0.2) is 48.4 Å². The molecule has 1 atom stereocenters. The van der Waals surface area contributed by atoms with Gasteiger partial charge in [0.05, 0.1) is 0 Å². The highest BCUT2D eigenvalue weighted by molar-refractivity contribution is 6.07. The van der Waals surface area contributed by atoms with Gasteiger partial charge >= 0.3 is 0 Å². The van der Waals surface area contributed by atoms with Gasteiger partial charge in [0.15, 0.2) is 17.5 Å². The summed E-state index contributed by atoms with van der Waals surface area (Å²) in [4.78, 5) is 17.5.